The highest BCUT2D eigenvalue weighted by Crippen LogP contribution is 2.17. The van der Waals surface area contributed by atoms with Gasteiger partial charge in [-0.1, -0.05) is 0 Å². The minimum atomic E-state index is -0.0721. The number of nitrogens with one attached hydrogen (secondary N) is 1. The van der Waals surface area contributed by atoms with E-state index in [4.69, 9.17) is 0 Å². The Kier molecular flexibility index (Phi) is 4.82. The summed E-state index contributed by atoms with van der Waals surface area (Å²) in [6.07, 6.45) is 3.68. The van der Waals surface area contributed by atoms with Gasteiger partial charge >= 0.3 is 0 Å². The number of hydrogen-bond donors (Lipinski definition) is 1. The number of amides is 1. The van der Waals surface area contributed by atoms with Crippen molar-refractivity contribution in [3.05, 3.63) is 33.8 Å². The van der Waals surface area contributed by atoms with Gasteiger partial charge in [0.25, 0.3) is 0 Å². The van der Waals surface area contributed by atoms with E-state index < -0.39 is 0 Å². The largest absolute Gasteiger partial charge is 0.348 e. The zero-order valence-corrected chi connectivity index (χ0v) is 14.3. The summed E-state index contributed by atoms with van der Waals surface area (Å²) in [6.45, 7) is 8.92. The van der Waals surface area contributed by atoms with Gasteiger partial charge in [0.2, 0.25) is 5.91 Å². The Morgan fingerprint density at radius 1 is 1.48 bits per heavy atom. The van der Waals surface area contributed by atoms with Crippen LogP contribution in [-0.2, 0) is 17.9 Å². The molecular formula is C14H20BrN5O. The van der Waals surface area contributed by atoms with Crippen molar-refractivity contribution in [3.63, 3.8) is 0 Å². The van der Waals surface area contributed by atoms with Crippen LogP contribution < -0.4 is 5.32 Å². The number of aryl methyl sites for hydroxylation is 2. The van der Waals surface area contributed by atoms with Gasteiger partial charge in [0, 0.05) is 18.3 Å². The lowest BCUT2D eigenvalue weighted by molar-refractivity contribution is -0.122. The van der Waals surface area contributed by atoms with Crippen LogP contribution in [0.5, 0.6) is 0 Å². The van der Waals surface area contributed by atoms with Gasteiger partial charge in [-0.25, -0.2) is 0 Å². The van der Waals surface area contributed by atoms with Crippen LogP contribution in [0.25, 0.3) is 0 Å². The highest BCUT2D eigenvalue weighted by molar-refractivity contribution is 9.10. The molecule has 2 aromatic heterocycles. The Hall–Kier alpha value is -1.63. The Bertz CT molecular complexity index is 646. The molecule has 0 spiro atoms. The van der Waals surface area contributed by atoms with Crippen molar-refractivity contribution in [2.45, 2.75) is 46.8 Å². The summed E-state index contributed by atoms with van der Waals surface area (Å²) in [5, 5.41) is 11.6. The van der Waals surface area contributed by atoms with Crippen molar-refractivity contribution in [2.24, 2.45) is 0 Å². The summed E-state index contributed by atoms with van der Waals surface area (Å²) in [5.74, 6) is -0.0650. The molecule has 1 N–H and O–H groups in total. The van der Waals surface area contributed by atoms with Gasteiger partial charge in [-0.05, 0) is 43.6 Å². The van der Waals surface area contributed by atoms with Crippen molar-refractivity contribution < 1.29 is 4.79 Å². The molecule has 1 atom stereocenters. The van der Waals surface area contributed by atoms with Gasteiger partial charge in [0.05, 0.1) is 28.1 Å². The number of hydrogen-bond acceptors (Lipinski definition) is 3. The number of halogens is 1. The maximum absolute atomic E-state index is 12.1. The van der Waals surface area contributed by atoms with Crippen LogP contribution in [0.15, 0.2) is 16.9 Å². The van der Waals surface area contributed by atoms with E-state index in [1.165, 1.54) is 0 Å². The zero-order valence-electron chi connectivity index (χ0n) is 12.7. The molecule has 0 radical (unpaired) electrons. The quantitative estimate of drug-likeness (QED) is 0.897. The average molecular weight is 354 g/mol. The van der Waals surface area contributed by atoms with E-state index in [1.54, 1.807) is 10.9 Å². The molecule has 0 saturated heterocycles. The fraction of sp³-hybridized carbons (Fsp3) is 0.500. The fourth-order valence-electron chi connectivity index (χ4n) is 2.20. The Balaban J connectivity index is 2.01. The van der Waals surface area contributed by atoms with E-state index in [2.05, 4.69) is 31.4 Å². The molecule has 6 nitrogen and oxygen atoms in total. The average Bonchev–Trinajstić information content (AvgIpc) is 2.96. The maximum atomic E-state index is 12.1. The predicted molar refractivity (Wildman–Crippen MR) is 83.9 cm³/mol. The normalized spacial score (nSPS) is 12.4. The molecule has 2 aromatic rings. The first kappa shape index (κ1) is 15.8. The minimum absolute atomic E-state index is 0.0650. The van der Waals surface area contributed by atoms with E-state index >= 15 is 0 Å². The number of carbonyl (C=O) groups is 1. The minimum Gasteiger partial charge on any atom is -0.348 e. The van der Waals surface area contributed by atoms with Crippen LogP contribution in [0.4, 0.5) is 0 Å². The summed E-state index contributed by atoms with van der Waals surface area (Å²) in [5.41, 5.74) is 2.93. The molecule has 21 heavy (non-hydrogen) atoms. The summed E-state index contributed by atoms with van der Waals surface area (Å²) in [6, 6.07) is -0.0721. The molecule has 2 heterocycles. The molecule has 0 aliphatic rings. The number of rotatable bonds is 5. The van der Waals surface area contributed by atoms with E-state index in [0.717, 1.165) is 28.0 Å². The molecule has 2 rings (SSSR count). The molecule has 114 valence electrons. The number of nitrogens with zero attached hydrogens (tertiary/aromatic N) is 4. The third-order valence-corrected chi connectivity index (χ3v) is 4.27. The van der Waals surface area contributed by atoms with E-state index in [9.17, 15) is 4.79 Å². The van der Waals surface area contributed by atoms with Crippen molar-refractivity contribution in [3.8, 4) is 0 Å². The van der Waals surface area contributed by atoms with Crippen LogP contribution in [0.1, 0.15) is 36.8 Å². The molecule has 1 unspecified atom stereocenters. The van der Waals surface area contributed by atoms with Crippen molar-refractivity contribution >= 4 is 21.8 Å². The van der Waals surface area contributed by atoms with Crippen molar-refractivity contribution in [1.29, 1.82) is 0 Å². The topological polar surface area (TPSA) is 64.7 Å². The summed E-state index contributed by atoms with van der Waals surface area (Å²) in [7, 11) is 0. The first-order valence-corrected chi connectivity index (χ1v) is 7.72. The smallest absolute Gasteiger partial charge is 0.242 e. The van der Waals surface area contributed by atoms with Gasteiger partial charge in [-0.3, -0.25) is 14.2 Å². The lowest BCUT2D eigenvalue weighted by Gasteiger charge is -2.13. The second-order valence-corrected chi connectivity index (χ2v) is 5.90. The Labute approximate surface area is 132 Å². The summed E-state index contributed by atoms with van der Waals surface area (Å²) < 4.78 is 4.46. The van der Waals surface area contributed by atoms with Crippen LogP contribution >= 0.6 is 15.9 Å². The van der Waals surface area contributed by atoms with Gasteiger partial charge in [0.1, 0.15) is 6.54 Å². The summed E-state index contributed by atoms with van der Waals surface area (Å²) >= 11 is 3.39. The van der Waals surface area contributed by atoms with E-state index in [0.29, 0.717) is 0 Å². The van der Waals surface area contributed by atoms with Crippen LogP contribution in [-0.4, -0.2) is 25.5 Å². The zero-order chi connectivity index (χ0) is 15.6. The Morgan fingerprint density at radius 3 is 2.71 bits per heavy atom. The van der Waals surface area contributed by atoms with Crippen LogP contribution in [0, 0.1) is 13.8 Å². The standard InChI is InChI=1S/C14H20BrN5O/c1-5-19-7-12(10(3)18-19)9(2)17-14(21)8-20-11(4)13(15)6-16-20/h6-7,9H,5,8H2,1-4H3,(H,17,21). The highest BCUT2D eigenvalue weighted by Gasteiger charge is 2.16. The van der Waals surface area contributed by atoms with Gasteiger partial charge in [0.15, 0.2) is 0 Å². The second kappa shape index (κ2) is 6.43. The fourth-order valence-corrected chi connectivity index (χ4v) is 2.50. The molecule has 0 aliphatic carbocycles. The predicted octanol–water partition coefficient (Wildman–Crippen LogP) is 2.36. The summed E-state index contributed by atoms with van der Waals surface area (Å²) in [4.78, 5) is 12.1. The lowest BCUT2D eigenvalue weighted by Crippen LogP contribution is -2.30. The molecule has 7 heteroatoms. The third-order valence-electron chi connectivity index (χ3n) is 3.49. The third kappa shape index (κ3) is 3.53. The maximum Gasteiger partial charge on any atom is 0.242 e. The Morgan fingerprint density at radius 2 is 2.19 bits per heavy atom. The lowest BCUT2D eigenvalue weighted by atomic mass is 10.1. The molecule has 0 aromatic carbocycles. The molecule has 1 amide bonds. The van der Waals surface area contributed by atoms with Gasteiger partial charge in [-0.15, -0.1) is 0 Å². The van der Waals surface area contributed by atoms with E-state index in [-0.39, 0.29) is 18.5 Å². The van der Waals surface area contributed by atoms with E-state index in [1.807, 2.05) is 38.6 Å². The highest BCUT2D eigenvalue weighted by atomic mass is 79.9. The first-order valence-electron chi connectivity index (χ1n) is 6.93. The van der Waals surface area contributed by atoms with Crippen LogP contribution in [0.2, 0.25) is 0 Å². The molecular weight excluding hydrogens is 334 g/mol. The second-order valence-electron chi connectivity index (χ2n) is 5.05. The molecule has 0 fully saturated rings. The van der Waals surface area contributed by atoms with Gasteiger partial charge < -0.3 is 5.32 Å². The monoisotopic (exact) mass is 353 g/mol. The first-order chi connectivity index (χ1) is 9.92. The molecule has 0 aliphatic heterocycles. The van der Waals surface area contributed by atoms with Gasteiger partial charge in [-0.2, -0.15) is 10.2 Å². The van der Waals surface area contributed by atoms with Crippen molar-refractivity contribution in [2.75, 3.05) is 0 Å². The molecule has 0 saturated carbocycles. The number of aromatic nitrogens is 4. The van der Waals surface area contributed by atoms with Crippen LogP contribution in [0.3, 0.4) is 0 Å². The van der Waals surface area contributed by atoms with Crippen molar-refractivity contribution in [1.82, 2.24) is 24.9 Å². The SMILES string of the molecule is CCn1cc(C(C)NC(=O)Cn2ncc(Br)c2C)c(C)n1. The number of carbonyl (C=O) groups excluding carboxylic acids is 1. The molecule has 0 bridgehead atoms.